The molecule has 2 unspecified atom stereocenters. The molecule has 1 saturated heterocycles. The van der Waals surface area contributed by atoms with Gasteiger partial charge in [-0.1, -0.05) is 6.92 Å². The van der Waals surface area contributed by atoms with Gasteiger partial charge in [0.05, 0.1) is 25.1 Å². The molecule has 0 aliphatic carbocycles. The Labute approximate surface area is 143 Å². The minimum Gasteiger partial charge on any atom is -0.357 e. The summed E-state index contributed by atoms with van der Waals surface area (Å²) >= 11 is 0. The van der Waals surface area contributed by atoms with Crippen LogP contribution in [0.3, 0.4) is 0 Å². The van der Waals surface area contributed by atoms with E-state index in [4.69, 9.17) is 4.99 Å². The van der Waals surface area contributed by atoms with Gasteiger partial charge in [0.1, 0.15) is 0 Å². The van der Waals surface area contributed by atoms with Crippen LogP contribution in [0, 0.1) is 5.92 Å². The molecule has 2 aromatic heterocycles. The minimum absolute atomic E-state index is 0.434. The third-order valence-electron chi connectivity index (χ3n) is 4.63. The van der Waals surface area contributed by atoms with E-state index in [1.165, 1.54) is 0 Å². The highest BCUT2D eigenvalue weighted by Gasteiger charge is 2.28. The quantitative estimate of drug-likeness (QED) is 0.684. The molecule has 2 aromatic rings. The number of nitrogens with zero attached hydrogens (tertiary/aromatic N) is 6. The largest absolute Gasteiger partial charge is 0.357 e. The summed E-state index contributed by atoms with van der Waals surface area (Å²) in [4.78, 5) is 11.4. The van der Waals surface area contributed by atoms with Gasteiger partial charge in [0.15, 0.2) is 5.96 Å². The van der Waals surface area contributed by atoms with Gasteiger partial charge < -0.3 is 14.8 Å². The summed E-state index contributed by atoms with van der Waals surface area (Å²) in [6.07, 6.45) is 10.9. The number of rotatable bonds is 4. The van der Waals surface area contributed by atoms with Crippen LogP contribution in [-0.4, -0.2) is 49.8 Å². The predicted octanol–water partition coefficient (Wildman–Crippen LogP) is 1.67. The van der Waals surface area contributed by atoms with E-state index in [0.29, 0.717) is 18.5 Å². The van der Waals surface area contributed by atoms with Crippen molar-refractivity contribution in [3.05, 3.63) is 36.7 Å². The number of hydrogen-bond acceptors (Lipinski definition) is 3. The Hall–Kier alpha value is -2.31. The first-order valence-corrected chi connectivity index (χ1v) is 8.65. The van der Waals surface area contributed by atoms with E-state index < -0.39 is 0 Å². The molecule has 0 amide bonds. The fourth-order valence-electron chi connectivity index (χ4n) is 3.24. The number of guanidine groups is 1. The van der Waals surface area contributed by atoms with Gasteiger partial charge >= 0.3 is 0 Å². The Balaban J connectivity index is 1.72. The molecule has 0 radical (unpaired) electrons. The van der Waals surface area contributed by atoms with E-state index in [1.54, 1.807) is 0 Å². The third kappa shape index (κ3) is 3.77. The van der Waals surface area contributed by atoms with Gasteiger partial charge in [-0.05, 0) is 19.3 Å². The third-order valence-corrected chi connectivity index (χ3v) is 4.63. The fourth-order valence-corrected chi connectivity index (χ4v) is 3.24. The maximum Gasteiger partial charge on any atom is 0.194 e. The Morgan fingerprint density at radius 3 is 3.00 bits per heavy atom. The molecule has 7 heteroatoms. The standard InChI is InChI=1S/C17H27N7/c1-4-19-17(20-9-15-10-21-22(3)11-15)23-7-5-14(2)16(12-23)24-8-6-18-13-24/h6,8,10-11,13-14,16H,4-5,7,9,12H2,1-3H3,(H,19,20). The van der Waals surface area contributed by atoms with E-state index in [1.807, 2.05) is 36.6 Å². The van der Waals surface area contributed by atoms with E-state index in [2.05, 4.69) is 44.9 Å². The molecular formula is C17H27N7. The molecule has 0 saturated carbocycles. The Morgan fingerprint density at radius 2 is 2.33 bits per heavy atom. The molecule has 7 nitrogen and oxygen atoms in total. The number of aliphatic imine (C=N–C) groups is 1. The maximum absolute atomic E-state index is 4.81. The number of nitrogens with one attached hydrogen (secondary N) is 1. The first kappa shape index (κ1) is 16.5. The zero-order chi connectivity index (χ0) is 16.9. The first-order chi connectivity index (χ1) is 11.7. The van der Waals surface area contributed by atoms with E-state index >= 15 is 0 Å². The molecule has 0 aromatic carbocycles. The Bertz CT molecular complexity index is 658. The number of aromatic nitrogens is 4. The zero-order valence-electron chi connectivity index (χ0n) is 14.8. The number of piperidine rings is 1. The van der Waals surface area contributed by atoms with Gasteiger partial charge in [-0.25, -0.2) is 9.98 Å². The lowest BCUT2D eigenvalue weighted by Gasteiger charge is -2.39. The number of aryl methyl sites for hydroxylation is 1. The smallest absolute Gasteiger partial charge is 0.194 e. The van der Waals surface area contributed by atoms with Crippen LogP contribution in [0.2, 0.25) is 0 Å². The van der Waals surface area contributed by atoms with E-state index in [9.17, 15) is 0 Å². The van der Waals surface area contributed by atoms with Crippen LogP contribution in [0.15, 0.2) is 36.1 Å². The fraction of sp³-hybridized carbons (Fsp3) is 0.588. The second-order valence-corrected chi connectivity index (χ2v) is 6.48. The molecule has 0 bridgehead atoms. The normalized spacial score (nSPS) is 22.0. The van der Waals surface area contributed by atoms with Crippen molar-refractivity contribution in [2.24, 2.45) is 18.0 Å². The van der Waals surface area contributed by atoms with Crippen molar-refractivity contribution in [2.75, 3.05) is 19.6 Å². The van der Waals surface area contributed by atoms with Gasteiger partial charge in [0.25, 0.3) is 0 Å². The van der Waals surface area contributed by atoms with Crippen LogP contribution in [0.25, 0.3) is 0 Å². The summed E-state index contributed by atoms with van der Waals surface area (Å²) in [5.74, 6) is 1.62. The molecule has 3 heterocycles. The molecule has 130 valence electrons. The topological polar surface area (TPSA) is 63.3 Å². The van der Waals surface area contributed by atoms with Crippen molar-refractivity contribution in [1.29, 1.82) is 0 Å². The molecule has 24 heavy (non-hydrogen) atoms. The number of hydrogen-bond donors (Lipinski definition) is 1. The lowest BCUT2D eigenvalue weighted by atomic mass is 9.93. The van der Waals surface area contributed by atoms with Crippen molar-refractivity contribution in [1.82, 2.24) is 29.5 Å². The highest BCUT2D eigenvalue weighted by atomic mass is 15.3. The molecule has 1 fully saturated rings. The summed E-state index contributed by atoms with van der Waals surface area (Å²) in [6.45, 7) is 7.94. The molecule has 1 N–H and O–H groups in total. The van der Waals surface area contributed by atoms with Gasteiger partial charge in [-0.3, -0.25) is 4.68 Å². The zero-order valence-corrected chi connectivity index (χ0v) is 14.8. The highest BCUT2D eigenvalue weighted by Crippen LogP contribution is 2.27. The monoisotopic (exact) mass is 329 g/mol. The maximum atomic E-state index is 4.81. The van der Waals surface area contributed by atoms with E-state index in [0.717, 1.165) is 37.6 Å². The van der Waals surface area contributed by atoms with E-state index in [-0.39, 0.29) is 0 Å². The summed E-state index contributed by atoms with van der Waals surface area (Å²) in [5.41, 5.74) is 1.13. The van der Waals surface area contributed by atoms with Crippen molar-refractivity contribution in [2.45, 2.75) is 32.9 Å². The number of likely N-dealkylation sites (tertiary alicyclic amines) is 1. The number of imidazole rings is 1. The van der Waals surface area contributed by atoms with Gasteiger partial charge in [0, 0.05) is 50.8 Å². The Kier molecular flexibility index (Phi) is 5.17. The van der Waals surface area contributed by atoms with Crippen LogP contribution >= 0.6 is 0 Å². The van der Waals surface area contributed by atoms with Crippen molar-refractivity contribution in [3.63, 3.8) is 0 Å². The summed E-state index contributed by atoms with van der Waals surface area (Å²) in [7, 11) is 1.93. The second kappa shape index (κ2) is 7.51. The van der Waals surface area contributed by atoms with Crippen molar-refractivity contribution < 1.29 is 0 Å². The van der Waals surface area contributed by atoms with Crippen molar-refractivity contribution in [3.8, 4) is 0 Å². The molecular weight excluding hydrogens is 302 g/mol. The lowest BCUT2D eigenvalue weighted by Crippen LogP contribution is -2.49. The Morgan fingerprint density at radius 1 is 1.46 bits per heavy atom. The lowest BCUT2D eigenvalue weighted by molar-refractivity contribution is 0.189. The van der Waals surface area contributed by atoms with Crippen LogP contribution in [0.4, 0.5) is 0 Å². The van der Waals surface area contributed by atoms with Gasteiger partial charge in [-0.2, -0.15) is 5.10 Å². The van der Waals surface area contributed by atoms with Gasteiger partial charge in [0.2, 0.25) is 0 Å². The molecule has 3 rings (SSSR count). The highest BCUT2D eigenvalue weighted by molar-refractivity contribution is 5.80. The van der Waals surface area contributed by atoms with Crippen LogP contribution in [-0.2, 0) is 13.6 Å². The second-order valence-electron chi connectivity index (χ2n) is 6.48. The molecule has 1 aliphatic rings. The average Bonchev–Trinajstić information content (AvgIpc) is 3.24. The average molecular weight is 329 g/mol. The van der Waals surface area contributed by atoms with Crippen LogP contribution in [0.1, 0.15) is 31.9 Å². The first-order valence-electron chi connectivity index (χ1n) is 8.65. The predicted molar refractivity (Wildman–Crippen MR) is 94.6 cm³/mol. The van der Waals surface area contributed by atoms with Gasteiger partial charge in [-0.15, -0.1) is 0 Å². The molecule has 2 atom stereocenters. The summed E-state index contributed by atoms with van der Waals surface area (Å²) < 4.78 is 4.04. The summed E-state index contributed by atoms with van der Waals surface area (Å²) in [5, 5.41) is 7.65. The summed E-state index contributed by atoms with van der Waals surface area (Å²) in [6, 6.07) is 0.434. The molecule has 0 spiro atoms. The van der Waals surface area contributed by atoms with Crippen LogP contribution < -0.4 is 5.32 Å². The molecule has 1 aliphatic heterocycles. The van der Waals surface area contributed by atoms with Crippen LogP contribution in [0.5, 0.6) is 0 Å². The SMILES string of the molecule is CCNC(=NCc1cnn(C)c1)N1CCC(C)C(n2ccnc2)C1. The minimum atomic E-state index is 0.434. The van der Waals surface area contributed by atoms with Crippen molar-refractivity contribution >= 4 is 5.96 Å².